The van der Waals surface area contributed by atoms with E-state index < -0.39 is 18.3 Å². The number of ether oxygens (including phenoxy) is 1. The first kappa shape index (κ1) is 17.9. The summed E-state index contributed by atoms with van der Waals surface area (Å²) in [4.78, 5) is 17.2. The van der Waals surface area contributed by atoms with E-state index in [0.717, 1.165) is 15.6 Å². The number of carbonyl (C=O) groups is 1. The molecule has 0 radical (unpaired) electrons. The van der Waals surface area contributed by atoms with Gasteiger partial charge in [-0.3, -0.25) is 4.79 Å². The standard InChI is InChI=1S/C13H19F3N2O2S/c1-8-9(2)21-11(17-8)12(3,4)18-10(19)5-6-20-7-13(14,15)16/h5-7H2,1-4H3,(H,18,19). The molecule has 8 heteroatoms. The molecule has 4 nitrogen and oxygen atoms in total. The van der Waals surface area contributed by atoms with Gasteiger partial charge in [-0.05, 0) is 27.7 Å². The van der Waals surface area contributed by atoms with Crippen molar-refractivity contribution >= 4 is 17.2 Å². The molecule has 0 fully saturated rings. The number of hydrogen-bond acceptors (Lipinski definition) is 4. The van der Waals surface area contributed by atoms with E-state index in [1.54, 1.807) is 13.8 Å². The van der Waals surface area contributed by atoms with Crippen molar-refractivity contribution in [1.82, 2.24) is 10.3 Å². The Hall–Kier alpha value is -1.15. The Labute approximate surface area is 125 Å². The van der Waals surface area contributed by atoms with E-state index in [4.69, 9.17) is 0 Å². The lowest BCUT2D eigenvalue weighted by atomic mass is 10.1. The Kier molecular flexibility index (Phi) is 5.75. The summed E-state index contributed by atoms with van der Waals surface area (Å²) in [6.45, 7) is 5.84. The average molecular weight is 324 g/mol. The second kappa shape index (κ2) is 6.74. The van der Waals surface area contributed by atoms with Gasteiger partial charge in [0.15, 0.2) is 0 Å². The molecule has 0 spiro atoms. The Morgan fingerprint density at radius 3 is 2.43 bits per heavy atom. The first-order valence-corrected chi connectivity index (χ1v) is 7.23. The van der Waals surface area contributed by atoms with Crippen LogP contribution in [0.25, 0.3) is 0 Å². The van der Waals surface area contributed by atoms with E-state index in [-0.39, 0.29) is 18.9 Å². The van der Waals surface area contributed by atoms with Gasteiger partial charge in [0.05, 0.1) is 17.8 Å². The maximum absolute atomic E-state index is 11.9. The number of nitrogens with zero attached hydrogens (tertiary/aromatic N) is 1. The number of hydrogen-bond donors (Lipinski definition) is 1. The van der Waals surface area contributed by atoms with Gasteiger partial charge in [0.1, 0.15) is 11.6 Å². The molecule has 1 rings (SSSR count). The third-order valence-electron chi connectivity index (χ3n) is 2.75. The van der Waals surface area contributed by atoms with Gasteiger partial charge in [-0.15, -0.1) is 11.3 Å². The normalized spacial score (nSPS) is 12.5. The van der Waals surface area contributed by atoms with Crippen molar-refractivity contribution in [2.75, 3.05) is 13.2 Å². The van der Waals surface area contributed by atoms with Crippen LogP contribution in [0, 0.1) is 13.8 Å². The zero-order valence-electron chi connectivity index (χ0n) is 12.4. The number of thiazole rings is 1. The van der Waals surface area contributed by atoms with Crippen LogP contribution in [0.15, 0.2) is 0 Å². The topological polar surface area (TPSA) is 51.2 Å². The second-order valence-corrected chi connectivity index (χ2v) is 6.45. The van der Waals surface area contributed by atoms with Gasteiger partial charge in [-0.1, -0.05) is 0 Å². The molecule has 1 N–H and O–H groups in total. The zero-order valence-corrected chi connectivity index (χ0v) is 13.2. The highest BCUT2D eigenvalue weighted by Crippen LogP contribution is 2.27. The van der Waals surface area contributed by atoms with E-state index in [2.05, 4.69) is 15.0 Å². The number of halogens is 3. The molecule has 0 unspecified atom stereocenters. The predicted octanol–water partition coefficient (Wildman–Crippen LogP) is 3.08. The highest BCUT2D eigenvalue weighted by atomic mass is 32.1. The van der Waals surface area contributed by atoms with Gasteiger partial charge in [-0.2, -0.15) is 13.2 Å². The van der Waals surface area contributed by atoms with E-state index >= 15 is 0 Å². The monoisotopic (exact) mass is 324 g/mol. The molecule has 0 aliphatic carbocycles. The minimum Gasteiger partial charge on any atom is -0.372 e. The number of aromatic nitrogens is 1. The fourth-order valence-corrected chi connectivity index (χ4v) is 2.53. The van der Waals surface area contributed by atoms with Gasteiger partial charge in [0.25, 0.3) is 0 Å². The number of amides is 1. The molecule has 0 atom stereocenters. The number of aryl methyl sites for hydroxylation is 2. The minimum atomic E-state index is -4.37. The fourth-order valence-electron chi connectivity index (χ4n) is 1.56. The largest absolute Gasteiger partial charge is 0.411 e. The number of rotatable bonds is 6. The maximum atomic E-state index is 11.9. The molecule has 21 heavy (non-hydrogen) atoms. The lowest BCUT2D eigenvalue weighted by Gasteiger charge is -2.23. The third-order valence-corrected chi connectivity index (χ3v) is 4.15. The summed E-state index contributed by atoms with van der Waals surface area (Å²) in [7, 11) is 0. The van der Waals surface area contributed by atoms with Crippen molar-refractivity contribution in [2.45, 2.75) is 45.8 Å². The van der Waals surface area contributed by atoms with Crippen LogP contribution in [0.5, 0.6) is 0 Å². The molecular weight excluding hydrogens is 305 g/mol. The van der Waals surface area contributed by atoms with E-state index in [1.807, 2.05) is 13.8 Å². The maximum Gasteiger partial charge on any atom is 0.411 e. The summed E-state index contributed by atoms with van der Waals surface area (Å²) < 4.78 is 40.1. The minimum absolute atomic E-state index is 0.122. The number of nitrogens with one attached hydrogen (secondary N) is 1. The molecule has 0 bridgehead atoms. The summed E-state index contributed by atoms with van der Waals surface area (Å²) in [6, 6.07) is 0. The van der Waals surface area contributed by atoms with E-state index in [0.29, 0.717) is 0 Å². The summed E-state index contributed by atoms with van der Waals surface area (Å²) in [5, 5.41) is 3.52. The summed E-state index contributed by atoms with van der Waals surface area (Å²) in [5.74, 6) is -0.368. The van der Waals surface area contributed by atoms with Crippen LogP contribution >= 0.6 is 11.3 Å². The molecule has 0 aliphatic rings. The van der Waals surface area contributed by atoms with Gasteiger partial charge >= 0.3 is 6.18 Å². The van der Waals surface area contributed by atoms with Crippen LogP contribution in [-0.4, -0.2) is 30.3 Å². The highest BCUT2D eigenvalue weighted by molar-refractivity contribution is 7.11. The molecule has 1 aromatic rings. The van der Waals surface area contributed by atoms with Crippen LogP contribution in [0.2, 0.25) is 0 Å². The van der Waals surface area contributed by atoms with Crippen molar-refractivity contribution in [1.29, 1.82) is 0 Å². The van der Waals surface area contributed by atoms with Crippen molar-refractivity contribution in [2.24, 2.45) is 0 Å². The summed E-state index contributed by atoms with van der Waals surface area (Å²) >= 11 is 1.49. The summed E-state index contributed by atoms with van der Waals surface area (Å²) in [5.41, 5.74) is 0.246. The molecular formula is C13H19F3N2O2S. The molecule has 1 aromatic heterocycles. The molecule has 1 amide bonds. The predicted molar refractivity (Wildman–Crippen MR) is 74.2 cm³/mol. The molecule has 0 saturated heterocycles. The van der Waals surface area contributed by atoms with Crippen molar-refractivity contribution in [3.05, 3.63) is 15.6 Å². The Morgan fingerprint density at radius 2 is 1.95 bits per heavy atom. The van der Waals surface area contributed by atoms with Crippen LogP contribution in [0.4, 0.5) is 13.2 Å². The Morgan fingerprint density at radius 1 is 1.33 bits per heavy atom. The third kappa shape index (κ3) is 6.01. The van der Waals surface area contributed by atoms with Crippen LogP contribution < -0.4 is 5.32 Å². The van der Waals surface area contributed by atoms with Crippen LogP contribution in [0.3, 0.4) is 0 Å². The average Bonchev–Trinajstić information content (AvgIpc) is 2.64. The van der Waals surface area contributed by atoms with Crippen molar-refractivity contribution in [3.63, 3.8) is 0 Å². The molecule has 1 heterocycles. The molecule has 0 saturated carbocycles. The second-order valence-electron chi connectivity index (χ2n) is 5.25. The lowest BCUT2D eigenvalue weighted by molar-refractivity contribution is -0.174. The summed E-state index contributed by atoms with van der Waals surface area (Å²) in [6.07, 6.45) is -4.49. The lowest BCUT2D eigenvalue weighted by Crippen LogP contribution is -2.41. The van der Waals surface area contributed by atoms with Crippen LogP contribution in [0.1, 0.15) is 35.8 Å². The smallest absolute Gasteiger partial charge is 0.372 e. The van der Waals surface area contributed by atoms with Crippen molar-refractivity contribution in [3.8, 4) is 0 Å². The van der Waals surface area contributed by atoms with Crippen molar-refractivity contribution < 1.29 is 22.7 Å². The zero-order chi connectivity index (χ0) is 16.3. The van der Waals surface area contributed by atoms with Gasteiger partial charge in [0.2, 0.25) is 5.91 Å². The Bertz CT molecular complexity index is 479. The van der Waals surface area contributed by atoms with E-state index in [1.165, 1.54) is 11.3 Å². The van der Waals surface area contributed by atoms with Crippen LogP contribution in [-0.2, 0) is 15.1 Å². The van der Waals surface area contributed by atoms with Gasteiger partial charge in [0, 0.05) is 11.3 Å². The molecule has 0 aromatic carbocycles. The molecule has 120 valence electrons. The highest BCUT2D eigenvalue weighted by Gasteiger charge is 2.28. The van der Waals surface area contributed by atoms with E-state index in [9.17, 15) is 18.0 Å². The molecule has 0 aliphatic heterocycles. The quantitative estimate of drug-likeness (QED) is 0.818. The number of alkyl halides is 3. The van der Waals surface area contributed by atoms with Gasteiger partial charge in [-0.25, -0.2) is 4.98 Å². The first-order valence-electron chi connectivity index (χ1n) is 6.41. The first-order chi connectivity index (χ1) is 9.51. The number of carbonyl (C=O) groups excluding carboxylic acids is 1. The SMILES string of the molecule is Cc1nc(C(C)(C)NC(=O)CCOCC(F)(F)F)sc1C. The Balaban J connectivity index is 2.46. The van der Waals surface area contributed by atoms with Gasteiger partial charge < -0.3 is 10.1 Å². The fraction of sp³-hybridized carbons (Fsp3) is 0.692.